The SMILES string of the molecule is Nn1cc(-c2ccccc2)nc1SCC(=O)N1CCN(CCOc2ccccc2)CC1. The number of imidazole rings is 1. The number of nitrogen functional groups attached to an aromatic ring is 1. The lowest BCUT2D eigenvalue weighted by molar-refractivity contribution is -0.130. The topological polar surface area (TPSA) is 76.6 Å². The number of rotatable bonds is 8. The van der Waals surface area contributed by atoms with Crippen LogP contribution in [0.3, 0.4) is 0 Å². The van der Waals surface area contributed by atoms with Crippen molar-refractivity contribution in [2.45, 2.75) is 5.16 Å². The van der Waals surface area contributed by atoms with E-state index in [1.807, 2.05) is 65.6 Å². The Bertz CT molecular complexity index is 972. The van der Waals surface area contributed by atoms with Gasteiger partial charge in [0, 0.05) is 38.3 Å². The van der Waals surface area contributed by atoms with Gasteiger partial charge in [-0.25, -0.2) is 9.66 Å². The van der Waals surface area contributed by atoms with Gasteiger partial charge in [0.1, 0.15) is 12.4 Å². The number of carbonyl (C=O) groups is 1. The minimum atomic E-state index is 0.120. The van der Waals surface area contributed by atoms with E-state index >= 15 is 0 Å². The summed E-state index contributed by atoms with van der Waals surface area (Å²) in [5.41, 5.74) is 1.82. The lowest BCUT2D eigenvalue weighted by Crippen LogP contribution is -2.50. The Labute approximate surface area is 186 Å². The zero-order valence-electron chi connectivity index (χ0n) is 17.4. The van der Waals surface area contributed by atoms with Gasteiger partial charge >= 0.3 is 0 Å². The van der Waals surface area contributed by atoms with Crippen LogP contribution < -0.4 is 10.6 Å². The van der Waals surface area contributed by atoms with Gasteiger partial charge in [-0.15, -0.1) is 0 Å². The summed E-state index contributed by atoms with van der Waals surface area (Å²) in [5, 5.41) is 0.642. The Hall–Kier alpha value is -2.97. The van der Waals surface area contributed by atoms with E-state index in [9.17, 15) is 4.79 Å². The standard InChI is InChI=1S/C23H27N5O2S/c24-28-17-21(19-7-3-1-4-8-19)25-23(28)31-18-22(29)27-13-11-26(12-14-27)15-16-30-20-9-5-2-6-10-20/h1-10,17H,11-16,18,24H2. The Kier molecular flexibility index (Phi) is 7.11. The molecule has 3 aromatic rings. The maximum absolute atomic E-state index is 12.6. The van der Waals surface area contributed by atoms with Gasteiger partial charge in [-0.3, -0.25) is 9.69 Å². The summed E-state index contributed by atoms with van der Waals surface area (Å²) in [6.45, 7) is 4.69. The van der Waals surface area contributed by atoms with E-state index in [-0.39, 0.29) is 5.91 Å². The van der Waals surface area contributed by atoms with Gasteiger partial charge in [0.2, 0.25) is 5.91 Å². The average molecular weight is 438 g/mol. The fourth-order valence-electron chi connectivity index (χ4n) is 3.48. The number of thioether (sulfide) groups is 1. The van der Waals surface area contributed by atoms with E-state index in [1.165, 1.54) is 16.4 Å². The molecule has 1 saturated heterocycles. The predicted molar refractivity (Wildman–Crippen MR) is 123 cm³/mol. The lowest BCUT2D eigenvalue weighted by Gasteiger charge is -2.34. The van der Waals surface area contributed by atoms with Gasteiger partial charge < -0.3 is 15.5 Å². The molecule has 8 heteroatoms. The Morgan fingerprint density at radius 1 is 1.00 bits per heavy atom. The van der Waals surface area contributed by atoms with Crippen LogP contribution >= 0.6 is 11.8 Å². The Balaban J connectivity index is 1.19. The minimum Gasteiger partial charge on any atom is -0.492 e. The van der Waals surface area contributed by atoms with Crippen LogP contribution in [0.4, 0.5) is 0 Å². The first-order valence-electron chi connectivity index (χ1n) is 10.4. The summed E-state index contributed by atoms with van der Waals surface area (Å²) in [4.78, 5) is 21.5. The molecule has 2 heterocycles. The molecule has 1 fully saturated rings. The molecule has 2 N–H and O–H groups in total. The fraction of sp³-hybridized carbons (Fsp3) is 0.304. The first-order chi connectivity index (χ1) is 15.2. The fourth-order valence-corrected chi connectivity index (χ4v) is 4.28. The molecule has 31 heavy (non-hydrogen) atoms. The summed E-state index contributed by atoms with van der Waals surface area (Å²) < 4.78 is 7.26. The number of aromatic nitrogens is 2. The molecule has 1 aromatic heterocycles. The van der Waals surface area contributed by atoms with Crippen LogP contribution in [0.25, 0.3) is 11.3 Å². The average Bonchev–Trinajstić information content (AvgIpc) is 3.20. The normalized spacial score (nSPS) is 14.5. The van der Waals surface area contributed by atoms with E-state index in [0.29, 0.717) is 17.5 Å². The lowest BCUT2D eigenvalue weighted by atomic mass is 10.2. The molecule has 0 radical (unpaired) electrons. The Morgan fingerprint density at radius 3 is 2.39 bits per heavy atom. The van der Waals surface area contributed by atoms with Crippen molar-refractivity contribution in [3.05, 3.63) is 66.9 Å². The van der Waals surface area contributed by atoms with Crippen LogP contribution in [0, 0.1) is 0 Å². The summed E-state index contributed by atoms with van der Waals surface area (Å²) in [6.07, 6.45) is 1.79. The summed E-state index contributed by atoms with van der Waals surface area (Å²) in [6, 6.07) is 19.7. The van der Waals surface area contributed by atoms with E-state index in [1.54, 1.807) is 6.20 Å². The van der Waals surface area contributed by atoms with E-state index in [0.717, 1.165) is 49.7 Å². The van der Waals surface area contributed by atoms with E-state index in [2.05, 4.69) is 9.88 Å². The van der Waals surface area contributed by atoms with Crippen LogP contribution in [0.2, 0.25) is 0 Å². The quantitative estimate of drug-likeness (QED) is 0.431. The third-order valence-corrected chi connectivity index (χ3v) is 6.19. The van der Waals surface area contributed by atoms with Crippen molar-refractivity contribution in [3.8, 4) is 17.0 Å². The van der Waals surface area contributed by atoms with Crippen molar-refractivity contribution in [1.82, 2.24) is 19.5 Å². The molecule has 1 amide bonds. The molecule has 2 aromatic carbocycles. The first-order valence-corrected chi connectivity index (χ1v) is 11.4. The summed E-state index contributed by atoms with van der Waals surface area (Å²) in [5.74, 6) is 7.38. The molecule has 4 rings (SSSR count). The molecular weight excluding hydrogens is 410 g/mol. The molecule has 0 aliphatic carbocycles. The number of carbonyl (C=O) groups excluding carboxylic acids is 1. The van der Waals surface area contributed by atoms with Gasteiger partial charge in [0.15, 0.2) is 5.16 Å². The highest BCUT2D eigenvalue weighted by atomic mass is 32.2. The van der Waals surface area contributed by atoms with E-state index < -0.39 is 0 Å². The number of benzene rings is 2. The number of hydrogen-bond donors (Lipinski definition) is 1. The second kappa shape index (κ2) is 10.4. The van der Waals surface area contributed by atoms with Crippen LogP contribution in [0.1, 0.15) is 0 Å². The number of nitrogens with zero attached hydrogens (tertiary/aromatic N) is 4. The molecule has 1 aliphatic heterocycles. The molecule has 0 bridgehead atoms. The molecule has 162 valence electrons. The number of hydrogen-bond acceptors (Lipinski definition) is 6. The number of para-hydroxylation sites is 1. The number of nitrogens with two attached hydrogens (primary N) is 1. The van der Waals surface area contributed by atoms with Gasteiger partial charge in [-0.1, -0.05) is 60.3 Å². The highest BCUT2D eigenvalue weighted by Crippen LogP contribution is 2.23. The molecule has 0 atom stereocenters. The van der Waals surface area contributed by atoms with Crippen molar-refractivity contribution >= 4 is 17.7 Å². The third-order valence-electron chi connectivity index (χ3n) is 5.24. The zero-order valence-corrected chi connectivity index (χ0v) is 18.2. The van der Waals surface area contributed by atoms with Crippen molar-refractivity contribution in [1.29, 1.82) is 0 Å². The Morgan fingerprint density at radius 2 is 1.68 bits per heavy atom. The van der Waals surface area contributed by atoms with Gasteiger partial charge in [-0.2, -0.15) is 0 Å². The zero-order chi connectivity index (χ0) is 21.5. The maximum Gasteiger partial charge on any atom is 0.233 e. The van der Waals surface area contributed by atoms with Gasteiger partial charge in [0.05, 0.1) is 17.6 Å². The summed E-state index contributed by atoms with van der Waals surface area (Å²) >= 11 is 1.38. The van der Waals surface area contributed by atoms with Crippen molar-refractivity contribution in [3.63, 3.8) is 0 Å². The molecule has 7 nitrogen and oxygen atoms in total. The highest BCUT2D eigenvalue weighted by Gasteiger charge is 2.21. The first kappa shape index (κ1) is 21.3. The van der Waals surface area contributed by atoms with Crippen LogP contribution in [-0.4, -0.2) is 70.5 Å². The molecular formula is C23H27N5O2S. The smallest absolute Gasteiger partial charge is 0.233 e. The number of amides is 1. The number of ether oxygens (including phenoxy) is 1. The third kappa shape index (κ3) is 5.80. The monoisotopic (exact) mass is 437 g/mol. The van der Waals surface area contributed by atoms with Crippen LogP contribution in [-0.2, 0) is 4.79 Å². The highest BCUT2D eigenvalue weighted by molar-refractivity contribution is 7.99. The van der Waals surface area contributed by atoms with Gasteiger partial charge in [-0.05, 0) is 12.1 Å². The van der Waals surface area contributed by atoms with Gasteiger partial charge in [0.25, 0.3) is 0 Å². The van der Waals surface area contributed by atoms with E-state index in [4.69, 9.17) is 10.6 Å². The van der Waals surface area contributed by atoms with Crippen molar-refractivity contribution in [2.75, 3.05) is 50.9 Å². The second-order valence-corrected chi connectivity index (χ2v) is 8.30. The molecule has 0 spiro atoms. The van der Waals surface area contributed by atoms with Crippen molar-refractivity contribution in [2.24, 2.45) is 0 Å². The van der Waals surface area contributed by atoms with Crippen molar-refractivity contribution < 1.29 is 9.53 Å². The maximum atomic E-state index is 12.6. The summed E-state index contributed by atoms with van der Waals surface area (Å²) in [7, 11) is 0. The number of piperazine rings is 1. The van der Waals surface area contributed by atoms with Crippen LogP contribution in [0.15, 0.2) is 72.0 Å². The molecule has 0 saturated carbocycles. The molecule has 0 unspecified atom stereocenters. The minimum absolute atomic E-state index is 0.120. The van der Waals surface area contributed by atoms with Crippen LogP contribution in [0.5, 0.6) is 5.75 Å². The molecule has 1 aliphatic rings. The second-order valence-electron chi connectivity index (χ2n) is 7.35. The predicted octanol–water partition coefficient (Wildman–Crippen LogP) is 2.58. The largest absolute Gasteiger partial charge is 0.492 e.